The maximum absolute atomic E-state index is 14.0. The van der Waals surface area contributed by atoms with Gasteiger partial charge in [0.1, 0.15) is 29.1 Å². The van der Waals surface area contributed by atoms with Crippen molar-refractivity contribution < 1.29 is 28.3 Å². The second-order valence-corrected chi connectivity index (χ2v) is 10.9. The lowest BCUT2D eigenvalue weighted by molar-refractivity contribution is -0.384. The molecule has 3 heterocycles. The second-order valence-electron chi connectivity index (χ2n) is 9.85. The highest BCUT2D eigenvalue weighted by molar-refractivity contribution is 7.07. The lowest BCUT2D eigenvalue weighted by Gasteiger charge is -2.26. The molecule has 11 nitrogen and oxygen atoms in total. The van der Waals surface area contributed by atoms with E-state index in [4.69, 9.17) is 18.6 Å². The third kappa shape index (κ3) is 5.73. The van der Waals surface area contributed by atoms with Crippen LogP contribution in [0.2, 0.25) is 0 Å². The number of non-ortho nitro benzene ring substituents is 1. The number of carbonyl (C=O) groups is 1. The summed E-state index contributed by atoms with van der Waals surface area (Å²) in [6, 6.07) is 14.1. The molecule has 222 valence electrons. The third-order valence-electron chi connectivity index (χ3n) is 6.65. The molecule has 0 amide bonds. The van der Waals surface area contributed by atoms with E-state index in [1.807, 2.05) is 32.0 Å². The molecule has 2 aromatic carbocycles. The van der Waals surface area contributed by atoms with Gasteiger partial charge in [0.05, 0.1) is 52.2 Å². The van der Waals surface area contributed by atoms with Gasteiger partial charge in [0.2, 0.25) is 0 Å². The van der Waals surface area contributed by atoms with E-state index in [-0.39, 0.29) is 35.3 Å². The Hall–Kier alpha value is -4.97. The molecule has 43 heavy (non-hydrogen) atoms. The topological polar surface area (TPSA) is 135 Å². The fraction of sp³-hybridized carbons (Fsp3) is 0.258. The van der Waals surface area contributed by atoms with Crippen LogP contribution < -0.4 is 24.4 Å². The van der Waals surface area contributed by atoms with E-state index in [1.54, 1.807) is 44.2 Å². The average molecular weight is 604 g/mol. The number of aromatic nitrogens is 1. The molecule has 0 fully saturated rings. The Morgan fingerprint density at radius 2 is 1.95 bits per heavy atom. The van der Waals surface area contributed by atoms with Crippen LogP contribution in [0.4, 0.5) is 5.69 Å². The number of carbonyl (C=O) groups excluding carboxylic acids is 1. The Morgan fingerprint density at radius 1 is 1.19 bits per heavy atom. The minimum atomic E-state index is -0.830. The summed E-state index contributed by atoms with van der Waals surface area (Å²) in [6.07, 6.45) is 1.46. The van der Waals surface area contributed by atoms with Crippen LogP contribution in [0.25, 0.3) is 17.4 Å². The van der Waals surface area contributed by atoms with E-state index < -0.39 is 16.9 Å². The Balaban J connectivity index is 1.64. The van der Waals surface area contributed by atoms with Crippen molar-refractivity contribution in [3.63, 3.8) is 0 Å². The number of para-hydroxylation sites is 1. The molecule has 1 aliphatic heterocycles. The highest BCUT2D eigenvalue weighted by Gasteiger charge is 2.35. The number of allylic oxidation sites excluding steroid dienone is 1. The number of fused-ring (bicyclic) bond motifs is 1. The molecule has 0 N–H and O–H groups in total. The molecule has 5 rings (SSSR count). The van der Waals surface area contributed by atoms with Crippen LogP contribution in [0.1, 0.15) is 45.1 Å². The fourth-order valence-corrected chi connectivity index (χ4v) is 5.88. The van der Waals surface area contributed by atoms with Crippen molar-refractivity contribution >= 4 is 29.1 Å². The van der Waals surface area contributed by atoms with Gasteiger partial charge in [-0.2, -0.15) is 0 Å². The van der Waals surface area contributed by atoms with Crippen LogP contribution in [0.5, 0.6) is 11.5 Å². The van der Waals surface area contributed by atoms with Crippen LogP contribution in [-0.4, -0.2) is 35.3 Å². The van der Waals surface area contributed by atoms with Crippen molar-refractivity contribution in [3.05, 3.63) is 107 Å². The van der Waals surface area contributed by atoms with Gasteiger partial charge in [-0.15, -0.1) is 0 Å². The largest absolute Gasteiger partial charge is 0.496 e. The number of thiazole rings is 1. The van der Waals surface area contributed by atoms with Crippen LogP contribution in [0, 0.1) is 10.1 Å². The molecule has 0 bridgehead atoms. The van der Waals surface area contributed by atoms with E-state index in [9.17, 15) is 19.7 Å². The monoisotopic (exact) mass is 603 g/mol. The van der Waals surface area contributed by atoms with Gasteiger partial charge >= 0.3 is 5.97 Å². The molecule has 4 aromatic rings. The van der Waals surface area contributed by atoms with Crippen LogP contribution >= 0.6 is 11.3 Å². The first kappa shape index (κ1) is 29.5. The number of methoxy groups -OCH3 is 1. The molecule has 0 radical (unpaired) electrons. The van der Waals surface area contributed by atoms with Crippen LogP contribution in [-0.2, 0) is 9.53 Å². The van der Waals surface area contributed by atoms with Gasteiger partial charge in [0.15, 0.2) is 4.80 Å². The zero-order valence-electron chi connectivity index (χ0n) is 24.2. The fourth-order valence-electron chi connectivity index (χ4n) is 4.85. The van der Waals surface area contributed by atoms with E-state index in [2.05, 4.69) is 4.99 Å². The predicted octanol–water partition coefficient (Wildman–Crippen LogP) is 4.76. The number of hydrogen-bond acceptors (Lipinski definition) is 10. The number of benzene rings is 2. The normalized spacial score (nSPS) is 14.8. The Kier molecular flexibility index (Phi) is 8.31. The smallest absolute Gasteiger partial charge is 0.338 e. The Labute approximate surface area is 250 Å². The standard InChI is InChI=1S/C31H29N3O8S/c1-6-40-30(36)27-18(4)32-31-33(28(27)22-9-7-8-10-23(22)41-17(2)3)29(35)26(43-31)16-20-12-14-24(42-20)21-13-11-19(34(37)38)15-25(21)39-5/h7-17,28H,6H2,1-5H3/b26-16-/t28-/m1/s1. The van der Waals surface area contributed by atoms with Crippen molar-refractivity contribution in [2.75, 3.05) is 13.7 Å². The first-order chi connectivity index (χ1) is 20.6. The van der Waals surface area contributed by atoms with E-state index >= 15 is 0 Å². The van der Waals surface area contributed by atoms with Gasteiger partial charge in [-0.1, -0.05) is 29.5 Å². The lowest BCUT2D eigenvalue weighted by Crippen LogP contribution is -2.40. The molecule has 0 aliphatic carbocycles. The van der Waals surface area contributed by atoms with E-state index in [0.29, 0.717) is 43.4 Å². The van der Waals surface area contributed by atoms with Crippen molar-refractivity contribution in [1.82, 2.24) is 4.57 Å². The molecule has 1 atom stereocenters. The number of ether oxygens (including phenoxy) is 3. The number of hydrogen-bond donors (Lipinski definition) is 0. The van der Waals surface area contributed by atoms with Gasteiger partial charge in [0, 0.05) is 17.7 Å². The minimum Gasteiger partial charge on any atom is -0.496 e. The quantitative estimate of drug-likeness (QED) is 0.152. The first-order valence-electron chi connectivity index (χ1n) is 13.5. The SMILES string of the molecule is CCOC(=O)C1=C(C)N=c2s/c(=C\c3ccc(-c4ccc([N+](=O)[O-])cc4OC)o3)c(=O)n2[C@@H]1c1ccccc1OC(C)C. The molecule has 12 heteroatoms. The van der Waals surface area contributed by atoms with E-state index in [1.165, 1.54) is 35.1 Å². The van der Waals surface area contributed by atoms with Gasteiger partial charge in [0.25, 0.3) is 11.2 Å². The molecular weight excluding hydrogens is 574 g/mol. The summed E-state index contributed by atoms with van der Waals surface area (Å²) in [6.45, 7) is 7.41. The third-order valence-corrected chi connectivity index (χ3v) is 7.64. The first-order valence-corrected chi connectivity index (χ1v) is 14.3. The van der Waals surface area contributed by atoms with Gasteiger partial charge < -0.3 is 18.6 Å². The molecule has 1 aliphatic rings. The van der Waals surface area contributed by atoms with Crippen LogP contribution in [0.3, 0.4) is 0 Å². The highest BCUT2D eigenvalue weighted by Crippen LogP contribution is 2.37. The maximum atomic E-state index is 14.0. The average Bonchev–Trinajstić information content (AvgIpc) is 3.56. The maximum Gasteiger partial charge on any atom is 0.338 e. The van der Waals surface area contributed by atoms with Crippen molar-refractivity contribution in [3.8, 4) is 22.8 Å². The molecule has 0 saturated heterocycles. The second kappa shape index (κ2) is 12.1. The Bertz CT molecular complexity index is 1930. The summed E-state index contributed by atoms with van der Waals surface area (Å²) in [4.78, 5) is 42.9. The highest BCUT2D eigenvalue weighted by atomic mass is 32.1. The summed E-state index contributed by atoms with van der Waals surface area (Å²) >= 11 is 1.17. The summed E-state index contributed by atoms with van der Waals surface area (Å²) in [5, 5.41) is 11.2. The van der Waals surface area contributed by atoms with E-state index in [0.717, 1.165) is 0 Å². The van der Waals surface area contributed by atoms with Crippen molar-refractivity contribution in [2.24, 2.45) is 4.99 Å². The molecule has 0 unspecified atom stereocenters. The molecular formula is C31H29N3O8S. The lowest BCUT2D eigenvalue weighted by atomic mass is 9.95. The zero-order chi connectivity index (χ0) is 30.8. The number of nitrogens with zero attached hydrogens (tertiary/aromatic N) is 3. The van der Waals surface area contributed by atoms with Gasteiger partial charge in [-0.3, -0.25) is 19.5 Å². The van der Waals surface area contributed by atoms with Gasteiger partial charge in [-0.25, -0.2) is 9.79 Å². The van der Waals surface area contributed by atoms with Crippen LogP contribution in [0.15, 0.2) is 80.1 Å². The predicted molar refractivity (Wildman–Crippen MR) is 160 cm³/mol. The number of rotatable bonds is 9. The van der Waals surface area contributed by atoms with Gasteiger partial charge in [-0.05, 0) is 52.0 Å². The summed E-state index contributed by atoms with van der Waals surface area (Å²) in [5.74, 6) is 1.04. The number of esters is 1. The molecule has 2 aromatic heterocycles. The number of nitro benzene ring substituents is 1. The number of furan rings is 1. The molecule has 0 saturated carbocycles. The Morgan fingerprint density at radius 3 is 2.65 bits per heavy atom. The minimum absolute atomic E-state index is 0.110. The summed E-state index contributed by atoms with van der Waals surface area (Å²) < 4.78 is 24.6. The zero-order valence-corrected chi connectivity index (χ0v) is 25.0. The summed E-state index contributed by atoms with van der Waals surface area (Å²) in [7, 11) is 1.42. The number of nitro groups is 1. The molecule has 0 spiro atoms. The van der Waals surface area contributed by atoms with Crippen molar-refractivity contribution in [2.45, 2.75) is 39.8 Å². The van der Waals surface area contributed by atoms with Crippen molar-refractivity contribution in [1.29, 1.82) is 0 Å². The summed E-state index contributed by atoms with van der Waals surface area (Å²) in [5.41, 5.74) is 1.37.